The number of fused-ring (bicyclic) bond motifs is 1. The third kappa shape index (κ3) is 5.06. The lowest BCUT2D eigenvalue weighted by atomic mass is 10.1. The van der Waals surface area contributed by atoms with Crippen LogP contribution in [0.5, 0.6) is 5.75 Å². The topological polar surface area (TPSA) is 56.1 Å². The summed E-state index contributed by atoms with van der Waals surface area (Å²) in [5.41, 5.74) is 4.02. The van der Waals surface area contributed by atoms with Crippen molar-refractivity contribution >= 4 is 28.5 Å². The van der Waals surface area contributed by atoms with Crippen molar-refractivity contribution in [1.82, 2.24) is 14.9 Å². The quantitative estimate of drug-likeness (QED) is 0.440. The lowest BCUT2D eigenvalue weighted by Crippen LogP contribution is -2.28. The Balaban J connectivity index is 1.46. The third-order valence-corrected chi connectivity index (χ3v) is 5.58. The van der Waals surface area contributed by atoms with E-state index in [2.05, 4.69) is 28.1 Å². The third-order valence-electron chi connectivity index (χ3n) is 5.21. The molecule has 31 heavy (non-hydrogen) atoms. The Morgan fingerprint density at radius 1 is 1.03 bits per heavy atom. The Labute approximate surface area is 186 Å². The molecule has 5 nitrogen and oxygen atoms in total. The van der Waals surface area contributed by atoms with E-state index in [-0.39, 0.29) is 12.3 Å². The minimum Gasteiger partial charge on any atom is -0.497 e. The molecule has 6 heteroatoms. The number of nitrogens with zero attached hydrogens (tertiary/aromatic N) is 2. The number of ether oxygens (including phenoxy) is 1. The van der Waals surface area contributed by atoms with Crippen LogP contribution in [0.25, 0.3) is 11.0 Å². The molecule has 0 aliphatic rings. The second kappa shape index (κ2) is 9.67. The van der Waals surface area contributed by atoms with E-state index in [1.807, 2.05) is 48.5 Å². The molecule has 0 spiro atoms. The largest absolute Gasteiger partial charge is 0.497 e. The molecule has 0 unspecified atom stereocenters. The van der Waals surface area contributed by atoms with Crippen molar-refractivity contribution in [2.75, 3.05) is 13.7 Å². The van der Waals surface area contributed by atoms with Crippen LogP contribution in [0, 0.1) is 0 Å². The van der Waals surface area contributed by atoms with Crippen molar-refractivity contribution in [3.8, 4) is 5.75 Å². The Kier molecular flexibility index (Phi) is 6.53. The van der Waals surface area contributed by atoms with Gasteiger partial charge in [-0.3, -0.25) is 4.79 Å². The first-order valence-corrected chi connectivity index (χ1v) is 10.6. The van der Waals surface area contributed by atoms with Crippen LogP contribution in [-0.4, -0.2) is 29.1 Å². The van der Waals surface area contributed by atoms with Crippen molar-refractivity contribution < 1.29 is 9.53 Å². The van der Waals surface area contributed by atoms with Gasteiger partial charge >= 0.3 is 0 Å². The molecule has 0 bridgehead atoms. The lowest BCUT2D eigenvalue weighted by Gasteiger charge is -2.11. The number of halogens is 1. The zero-order valence-electron chi connectivity index (χ0n) is 17.3. The highest BCUT2D eigenvalue weighted by Crippen LogP contribution is 2.20. The van der Waals surface area contributed by atoms with Gasteiger partial charge < -0.3 is 14.6 Å². The van der Waals surface area contributed by atoms with Crippen LogP contribution in [0.3, 0.4) is 0 Å². The van der Waals surface area contributed by atoms with E-state index in [4.69, 9.17) is 21.3 Å². The number of carbonyl (C=O) groups is 1. The van der Waals surface area contributed by atoms with Gasteiger partial charge in [-0.25, -0.2) is 4.98 Å². The molecule has 1 aromatic heterocycles. The first-order valence-electron chi connectivity index (χ1n) is 10.2. The standard InChI is InChI=1S/C25H24ClN3O2/c1-31-20-12-10-18(11-13-20)17-29-23-9-5-4-8-22(23)28-24(29)14-15-27-25(30)16-19-6-2-3-7-21(19)26/h2-13H,14-17H2,1H3,(H,27,30). The molecule has 0 aliphatic heterocycles. The number of hydrogen-bond acceptors (Lipinski definition) is 3. The normalized spacial score (nSPS) is 10.9. The van der Waals surface area contributed by atoms with Crippen LogP contribution >= 0.6 is 11.6 Å². The molecule has 0 saturated heterocycles. The number of benzene rings is 3. The van der Waals surface area contributed by atoms with Gasteiger partial charge in [-0.1, -0.05) is 54.1 Å². The number of amides is 1. The molecule has 1 N–H and O–H groups in total. The Morgan fingerprint density at radius 2 is 1.77 bits per heavy atom. The van der Waals surface area contributed by atoms with Crippen molar-refractivity contribution in [3.05, 3.63) is 94.8 Å². The number of aromatic nitrogens is 2. The summed E-state index contributed by atoms with van der Waals surface area (Å²) in [6.07, 6.45) is 0.904. The van der Waals surface area contributed by atoms with Gasteiger partial charge in [0.15, 0.2) is 0 Å². The summed E-state index contributed by atoms with van der Waals surface area (Å²) in [6, 6.07) is 23.5. The molecule has 0 fully saturated rings. The van der Waals surface area contributed by atoms with Gasteiger partial charge in [0.25, 0.3) is 0 Å². The van der Waals surface area contributed by atoms with E-state index in [0.29, 0.717) is 24.5 Å². The number of carbonyl (C=O) groups excluding carboxylic acids is 1. The zero-order chi connectivity index (χ0) is 21.6. The summed E-state index contributed by atoms with van der Waals surface area (Å²) in [6.45, 7) is 1.21. The SMILES string of the molecule is COc1ccc(Cn2c(CCNC(=O)Cc3ccccc3Cl)nc3ccccc32)cc1. The predicted octanol–water partition coefficient (Wildman–Crippen LogP) is 4.65. The van der Waals surface area contributed by atoms with Gasteiger partial charge in [-0.15, -0.1) is 0 Å². The molecule has 0 atom stereocenters. The molecule has 0 radical (unpaired) electrons. The van der Waals surface area contributed by atoms with Gasteiger partial charge in [-0.2, -0.15) is 0 Å². The fraction of sp³-hybridized carbons (Fsp3) is 0.200. The van der Waals surface area contributed by atoms with Gasteiger partial charge in [0.1, 0.15) is 11.6 Å². The van der Waals surface area contributed by atoms with Crippen LogP contribution in [-0.2, 0) is 24.2 Å². The molecular formula is C25H24ClN3O2. The fourth-order valence-corrected chi connectivity index (χ4v) is 3.80. The van der Waals surface area contributed by atoms with Gasteiger partial charge in [0, 0.05) is 24.5 Å². The number of hydrogen-bond donors (Lipinski definition) is 1. The van der Waals surface area contributed by atoms with Crippen LogP contribution in [0.15, 0.2) is 72.8 Å². The smallest absolute Gasteiger partial charge is 0.224 e. The Hall–Kier alpha value is -3.31. The van der Waals surface area contributed by atoms with Crippen molar-refractivity contribution in [2.24, 2.45) is 0 Å². The van der Waals surface area contributed by atoms with Crippen molar-refractivity contribution in [1.29, 1.82) is 0 Å². The highest BCUT2D eigenvalue weighted by molar-refractivity contribution is 6.31. The molecule has 0 aliphatic carbocycles. The Bertz CT molecular complexity index is 1190. The van der Waals surface area contributed by atoms with E-state index in [9.17, 15) is 4.79 Å². The second-order valence-corrected chi connectivity index (χ2v) is 7.73. The highest BCUT2D eigenvalue weighted by Gasteiger charge is 2.12. The summed E-state index contributed by atoms with van der Waals surface area (Å²) >= 11 is 6.16. The average molecular weight is 434 g/mol. The van der Waals surface area contributed by atoms with Crippen LogP contribution in [0.2, 0.25) is 5.02 Å². The molecule has 3 aromatic carbocycles. The molecular weight excluding hydrogens is 410 g/mol. The second-order valence-electron chi connectivity index (χ2n) is 7.32. The number of methoxy groups -OCH3 is 1. The Morgan fingerprint density at radius 3 is 2.55 bits per heavy atom. The van der Waals surface area contributed by atoms with Gasteiger partial charge in [-0.05, 0) is 41.5 Å². The predicted molar refractivity (Wildman–Crippen MR) is 124 cm³/mol. The summed E-state index contributed by atoms with van der Waals surface area (Å²) < 4.78 is 7.46. The fourth-order valence-electron chi connectivity index (χ4n) is 3.60. The van der Waals surface area contributed by atoms with Crippen LogP contribution < -0.4 is 10.1 Å². The van der Waals surface area contributed by atoms with Crippen molar-refractivity contribution in [3.63, 3.8) is 0 Å². The lowest BCUT2D eigenvalue weighted by molar-refractivity contribution is -0.120. The van der Waals surface area contributed by atoms with E-state index in [1.54, 1.807) is 13.2 Å². The zero-order valence-corrected chi connectivity index (χ0v) is 18.1. The number of rotatable bonds is 8. The molecule has 4 rings (SSSR count). The maximum atomic E-state index is 12.4. The monoisotopic (exact) mass is 433 g/mol. The summed E-state index contributed by atoms with van der Waals surface area (Å²) in [5.74, 6) is 1.72. The van der Waals surface area contributed by atoms with E-state index >= 15 is 0 Å². The molecule has 0 saturated carbocycles. The first kappa shape index (κ1) is 20.9. The van der Waals surface area contributed by atoms with Crippen molar-refractivity contribution in [2.45, 2.75) is 19.4 Å². The number of imidazole rings is 1. The summed E-state index contributed by atoms with van der Waals surface area (Å²) in [4.78, 5) is 17.2. The summed E-state index contributed by atoms with van der Waals surface area (Å²) in [5, 5.41) is 3.60. The summed E-state index contributed by atoms with van der Waals surface area (Å²) in [7, 11) is 1.66. The van der Waals surface area contributed by atoms with E-state index in [1.165, 1.54) is 0 Å². The molecule has 4 aromatic rings. The minimum absolute atomic E-state index is 0.0501. The van der Waals surface area contributed by atoms with Gasteiger partial charge in [0.05, 0.1) is 24.6 Å². The van der Waals surface area contributed by atoms with Crippen LogP contribution in [0.4, 0.5) is 0 Å². The maximum Gasteiger partial charge on any atom is 0.224 e. The first-order chi connectivity index (χ1) is 15.1. The molecule has 1 heterocycles. The molecule has 158 valence electrons. The van der Waals surface area contributed by atoms with E-state index in [0.717, 1.165) is 33.7 Å². The highest BCUT2D eigenvalue weighted by atomic mass is 35.5. The van der Waals surface area contributed by atoms with E-state index < -0.39 is 0 Å². The maximum absolute atomic E-state index is 12.4. The molecule has 1 amide bonds. The van der Waals surface area contributed by atoms with Crippen LogP contribution in [0.1, 0.15) is 17.0 Å². The number of para-hydroxylation sites is 2. The minimum atomic E-state index is -0.0501. The van der Waals surface area contributed by atoms with Gasteiger partial charge in [0.2, 0.25) is 5.91 Å². The number of nitrogens with one attached hydrogen (secondary N) is 1. The average Bonchev–Trinajstić information content (AvgIpc) is 3.13.